The highest BCUT2D eigenvalue weighted by molar-refractivity contribution is 7.99. The molecule has 1 fully saturated rings. The Morgan fingerprint density at radius 1 is 1.39 bits per heavy atom. The predicted molar refractivity (Wildman–Crippen MR) is 80.0 cm³/mol. The average Bonchev–Trinajstić information content (AvgIpc) is 2.85. The molecule has 2 heterocycles. The van der Waals surface area contributed by atoms with Crippen molar-refractivity contribution in [3.63, 3.8) is 0 Å². The minimum absolute atomic E-state index is 0.299. The molecule has 2 rings (SSSR count). The van der Waals surface area contributed by atoms with Gasteiger partial charge in [0.05, 0.1) is 0 Å². The quantitative estimate of drug-likeness (QED) is 0.795. The van der Waals surface area contributed by atoms with Gasteiger partial charge in [-0.25, -0.2) is 9.97 Å². The van der Waals surface area contributed by atoms with Crippen LogP contribution in [0.5, 0.6) is 0 Å². The summed E-state index contributed by atoms with van der Waals surface area (Å²) in [7, 11) is 2.12. The van der Waals surface area contributed by atoms with Gasteiger partial charge in [-0.3, -0.25) is 0 Å². The summed E-state index contributed by atoms with van der Waals surface area (Å²) in [6.07, 6.45) is 1.22. The molecule has 1 saturated heterocycles. The van der Waals surface area contributed by atoms with Crippen LogP contribution in [-0.2, 0) is 0 Å². The Balaban J connectivity index is 2.35. The summed E-state index contributed by atoms with van der Waals surface area (Å²) in [5.41, 5.74) is 0.987. The van der Waals surface area contributed by atoms with E-state index in [0.29, 0.717) is 17.1 Å². The highest BCUT2D eigenvalue weighted by atomic mass is 35.5. The number of thioether (sulfide) groups is 1. The Hall–Kier alpha value is -0.480. The first-order valence-electron chi connectivity index (χ1n) is 6.35. The van der Waals surface area contributed by atoms with Crippen LogP contribution in [0.4, 0.5) is 5.82 Å². The van der Waals surface area contributed by atoms with E-state index in [4.69, 9.17) is 16.6 Å². The molecule has 0 amide bonds. The molecule has 3 nitrogen and oxygen atoms in total. The molecule has 1 atom stereocenters. The molecule has 0 aliphatic carbocycles. The Labute approximate surface area is 118 Å². The van der Waals surface area contributed by atoms with E-state index in [-0.39, 0.29) is 0 Å². The van der Waals surface area contributed by atoms with E-state index in [1.54, 1.807) is 0 Å². The first-order valence-corrected chi connectivity index (χ1v) is 7.88. The molecular formula is C13H20ClN3S. The molecule has 1 aliphatic rings. The van der Waals surface area contributed by atoms with Gasteiger partial charge in [0.25, 0.3) is 0 Å². The molecule has 1 aromatic heterocycles. The standard InChI is InChI=1S/C13H20ClN3S/c1-8(2)12-15-11(14)9(3)13(16-12)17(4)10-5-6-18-7-10/h8,10H,5-7H2,1-4H3. The number of nitrogens with zero attached hydrogens (tertiary/aromatic N) is 3. The van der Waals surface area contributed by atoms with Crippen molar-refractivity contribution in [3.8, 4) is 0 Å². The Bertz CT molecular complexity index is 430. The van der Waals surface area contributed by atoms with Gasteiger partial charge in [0.15, 0.2) is 0 Å². The monoisotopic (exact) mass is 285 g/mol. The van der Waals surface area contributed by atoms with Crippen LogP contribution in [-0.4, -0.2) is 34.6 Å². The third-order valence-electron chi connectivity index (χ3n) is 3.38. The topological polar surface area (TPSA) is 29.0 Å². The van der Waals surface area contributed by atoms with Gasteiger partial charge in [0.1, 0.15) is 16.8 Å². The molecule has 5 heteroatoms. The van der Waals surface area contributed by atoms with Crippen LogP contribution in [0.25, 0.3) is 0 Å². The van der Waals surface area contributed by atoms with Crippen molar-refractivity contribution in [2.75, 3.05) is 23.5 Å². The molecule has 1 aliphatic heterocycles. The molecule has 0 radical (unpaired) electrons. The van der Waals surface area contributed by atoms with Gasteiger partial charge in [-0.2, -0.15) is 11.8 Å². The summed E-state index contributed by atoms with van der Waals surface area (Å²) in [4.78, 5) is 11.3. The molecule has 1 aromatic rings. The van der Waals surface area contributed by atoms with Gasteiger partial charge < -0.3 is 4.90 Å². The van der Waals surface area contributed by atoms with E-state index >= 15 is 0 Å². The van der Waals surface area contributed by atoms with Crippen LogP contribution in [0.15, 0.2) is 0 Å². The maximum Gasteiger partial charge on any atom is 0.137 e. The number of hydrogen-bond donors (Lipinski definition) is 0. The van der Waals surface area contributed by atoms with E-state index < -0.39 is 0 Å². The second-order valence-corrected chi connectivity index (χ2v) is 6.61. The number of hydrogen-bond acceptors (Lipinski definition) is 4. The van der Waals surface area contributed by atoms with Crippen LogP contribution < -0.4 is 4.90 Å². The fourth-order valence-electron chi connectivity index (χ4n) is 2.10. The van der Waals surface area contributed by atoms with Crippen LogP contribution in [0.2, 0.25) is 5.15 Å². The lowest BCUT2D eigenvalue weighted by molar-refractivity contribution is 0.678. The molecule has 0 spiro atoms. The summed E-state index contributed by atoms with van der Waals surface area (Å²) < 4.78 is 0. The third-order valence-corrected chi connectivity index (χ3v) is 4.89. The zero-order valence-corrected chi connectivity index (χ0v) is 13.0. The minimum Gasteiger partial charge on any atom is -0.355 e. The van der Waals surface area contributed by atoms with Crippen molar-refractivity contribution in [1.82, 2.24) is 9.97 Å². The zero-order valence-electron chi connectivity index (χ0n) is 11.4. The lowest BCUT2D eigenvalue weighted by atomic mass is 10.2. The summed E-state index contributed by atoms with van der Waals surface area (Å²) >= 11 is 8.24. The Kier molecular flexibility index (Phi) is 4.38. The van der Waals surface area contributed by atoms with E-state index in [9.17, 15) is 0 Å². The highest BCUT2D eigenvalue weighted by Crippen LogP contribution is 2.30. The van der Waals surface area contributed by atoms with Crippen LogP contribution in [0.1, 0.15) is 37.6 Å². The SMILES string of the molecule is Cc1c(Cl)nc(C(C)C)nc1N(C)C1CCSC1. The van der Waals surface area contributed by atoms with Crippen LogP contribution in [0.3, 0.4) is 0 Å². The number of aromatic nitrogens is 2. The maximum atomic E-state index is 6.23. The molecule has 1 unspecified atom stereocenters. The lowest BCUT2D eigenvalue weighted by Gasteiger charge is -2.27. The molecule has 18 heavy (non-hydrogen) atoms. The first kappa shape index (κ1) is 13.9. The van der Waals surface area contributed by atoms with Crippen LogP contribution >= 0.6 is 23.4 Å². The van der Waals surface area contributed by atoms with Gasteiger partial charge in [0.2, 0.25) is 0 Å². The molecular weight excluding hydrogens is 266 g/mol. The molecule has 100 valence electrons. The van der Waals surface area contributed by atoms with E-state index in [0.717, 1.165) is 17.2 Å². The van der Waals surface area contributed by atoms with Gasteiger partial charge in [-0.1, -0.05) is 25.4 Å². The second kappa shape index (κ2) is 5.66. The van der Waals surface area contributed by atoms with Crippen molar-refractivity contribution in [2.45, 2.75) is 39.2 Å². The molecule has 0 aromatic carbocycles. The fourth-order valence-corrected chi connectivity index (χ4v) is 3.53. The first-order chi connectivity index (χ1) is 8.50. The Morgan fingerprint density at radius 2 is 2.11 bits per heavy atom. The summed E-state index contributed by atoms with van der Waals surface area (Å²) in [6, 6.07) is 0.569. The van der Waals surface area contributed by atoms with Gasteiger partial charge in [0, 0.05) is 30.3 Å². The van der Waals surface area contributed by atoms with Crippen molar-refractivity contribution < 1.29 is 0 Å². The summed E-state index contributed by atoms with van der Waals surface area (Å²) in [5.74, 6) is 4.54. The largest absolute Gasteiger partial charge is 0.355 e. The molecule has 0 bridgehead atoms. The van der Waals surface area contributed by atoms with Gasteiger partial charge >= 0.3 is 0 Å². The van der Waals surface area contributed by atoms with Crippen molar-refractivity contribution in [3.05, 3.63) is 16.5 Å². The summed E-state index contributed by atoms with van der Waals surface area (Å²) in [5, 5.41) is 0.584. The maximum absolute atomic E-state index is 6.23. The zero-order chi connectivity index (χ0) is 13.3. The van der Waals surface area contributed by atoms with Gasteiger partial charge in [-0.05, 0) is 19.1 Å². The molecule has 0 saturated carbocycles. The van der Waals surface area contributed by atoms with Crippen molar-refractivity contribution in [1.29, 1.82) is 0 Å². The van der Waals surface area contributed by atoms with Crippen molar-refractivity contribution in [2.24, 2.45) is 0 Å². The van der Waals surface area contributed by atoms with E-state index in [1.807, 2.05) is 18.7 Å². The minimum atomic E-state index is 0.299. The number of rotatable bonds is 3. The molecule has 0 N–H and O–H groups in total. The Morgan fingerprint density at radius 3 is 2.67 bits per heavy atom. The van der Waals surface area contributed by atoms with E-state index in [1.165, 1.54) is 17.9 Å². The fraction of sp³-hybridized carbons (Fsp3) is 0.692. The smallest absolute Gasteiger partial charge is 0.137 e. The second-order valence-electron chi connectivity index (χ2n) is 5.10. The number of halogens is 1. The third kappa shape index (κ3) is 2.75. The average molecular weight is 286 g/mol. The number of anilines is 1. The highest BCUT2D eigenvalue weighted by Gasteiger charge is 2.24. The predicted octanol–water partition coefficient (Wildman–Crippen LogP) is 3.50. The van der Waals surface area contributed by atoms with E-state index in [2.05, 4.69) is 30.8 Å². The normalized spacial score (nSPS) is 19.6. The van der Waals surface area contributed by atoms with Crippen LogP contribution in [0, 0.1) is 6.92 Å². The van der Waals surface area contributed by atoms with Gasteiger partial charge in [-0.15, -0.1) is 0 Å². The summed E-state index contributed by atoms with van der Waals surface area (Å²) in [6.45, 7) is 6.19. The lowest BCUT2D eigenvalue weighted by Crippen LogP contribution is -2.33. The van der Waals surface area contributed by atoms with Crippen molar-refractivity contribution >= 4 is 29.2 Å².